The first-order valence-electron chi connectivity index (χ1n) is 6.86. The second-order valence-corrected chi connectivity index (χ2v) is 6.44. The Morgan fingerprint density at radius 1 is 1.29 bits per heavy atom. The van der Waals surface area contributed by atoms with E-state index in [4.69, 9.17) is 0 Å². The van der Waals surface area contributed by atoms with Crippen molar-refractivity contribution in [2.24, 2.45) is 5.41 Å². The lowest BCUT2D eigenvalue weighted by Gasteiger charge is -2.28. The lowest BCUT2D eigenvalue weighted by molar-refractivity contribution is -0.123. The van der Waals surface area contributed by atoms with Crippen molar-refractivity contribution < 1.29 is 9.90 Å². The van der Waals surface area contributed by atoms with Gasteiger partial charge in [-0.15, -0.1) is 0 Å². The van der Waals surface area contributed by atoms with E-state index in [1.54, 1.807) is 0 Å². The minimum atomic E-state index is -0.338. The lowest BCUT2D eigenvalue weighted by Crippen LogP contribution is -2.45. The first-order chi connectivity index (χ1) is 7.88. The molecule has 0 aromatic carbocycles. The van der Waals surface area contributed by atoms with Gasteiger partial charge in [0.25, 0.3) is 0 Å². The summed E-state index contributed by atoms with van der Waals surface area (Å²) in [4.78, 5) is 11.7. The maximum Gasteiger partial charge on any atom is 0.220 e. The van der Waals surface area contributed by atoms with Crippen LogP contribution in [0.5, 0.6) is 0 Å². The molecule has 2 unspecified atom stereocenters. The summed E-state index contributed by atoms with van der Waals surface area (Å²) in [6, 6.07) is -0.00844. The van der Waals surface area contributed by atoms with Crippen molar-refractivity contribution in [1.29, 1.82) is 0 Å². The Morgan fingerprint density at radius 2 is 1.94 bits per heavy atom. The van der Waals surface area contributed by atoms with Crippen LogP contribution in [0.25, 0.3) is 0 Å². The number of hydrogen-bond donors (Lipinski definition) is 2. The molecule has 1 rings (SSSR count). The summed E-state index contributed by atoms with van der Waals surface area (Å²) >= 11 is 0. The molecule has 3 heteroatoms. The third-order valence-corrected chi connectivity index (χ3v) is 3.41. The van der Waals surface area contributed by atoms with Crippen LogP contribution >= 0.6 is 0 Å². The molecular formula is C14H27NO2. The number of amides is 1. The Labute approximate surface area is 105 Å². The van der Waals surface area contributed by atoms with Gasteiger partial charge in [-0.1, -0.05) is 33.6 Å². The van der Waals surface area contributed by atoms with Crippen LogP contribution in [0.3, 0.4) is 0 Å². The van der Waals surface area contributed by atoms with Crippen LogP contribution in [0.4, 0.5) is 0 Å². The zero-order chi connectivity index (χ0) is 12.9. The third-order valence-electron chi connectivity index (χ3n) is 3.41. The van der Waals surface area contributed by atoms with Gasteiger partial charge < -0.3 is 10.4 Å². The molecule has 0 saturated heterocycles. The van der Waals surface area contributed by atoms with Crippen molar-refractivity contribution in [2.75, 3.05) is 0 Å². The topological polar surface area (TPSA) is 49.3 Å². The largest absolute Gasteiger partial charge is 0.391 e. The van der Waals surface area contributed by atoms with Gasteiger partial charge in [0.1, 0.15) is 0 Å². The SMILES string of the molecule is CC(C)(C)CCCC(=O)NC1CCCCC1O. The van der Waals surface area contributed by atoms with E-state index in [2.05, 4.69) is 26.1 Å². The second-order valence-electron chi connectivity index (χ2n) is 6.44. The summed E-state index contributed by atoms with van der Waals surface area (Å²) in [5.41, 5.74) is 0.296. The van der Waals surface area contributed by atoms with Crippen molar-refractivity contribution >= 4 is 5.91 Å². The highest BCUT2D eigenvalue weighted by Gasteiger charge is 2.24. The van der Waals surface area contributed by atoms with E-state index in [0.29, 0.717) is 11.8 Å². The van der Waals surface area contributed by atoms with E-state index < -0.39 is 0 Å². The van der Waals surface area contributed by atoms with Crippen molar-refractivity contribution in [3.05, 3.63) is 0 Å². The van der Waals surface area contributed by atoms with Crippen LogP contribution in [-0.2, 0) is 4.79 Å². The highest BCUT2D eigenvalue weighted by atomic mass is 16.3. The molecule has 2 atom stereocenters. The van der Waals surface area contributed by atoms with Gasteiger partial charge in [-0.3, -0.25) is 4.79 Å². The molecule has 17 heavy (non-hydrogen) atoms. The molecule has 1 saturated carbocycles. The molecule has 0 bridgehead atoms. The van der Waals surface area contributed by atoms with Crippen LogP contribution in [0, 0.1) is 5.41 Å². The van der Waals surface area contributed by atoms with Gasteiger partial charge in [0.2, 0.25) is 5.91 Å². The average Bonchev–Trinajstić information content (AvgIpc) is 2.19. The van der Waals surface area contributed by atoms with Crippen LogP contribution in [0.15, 0.2) is 0 Å². The van der Waals surface area contributed by atoms with Crippen LogP contribution in [-0.4, -0.2) is 23.2 Å². The summed E-state index contributed by atoms with van der Waals surface area (Å²) < 4.78 is 0. The Bertz CT molecular complexity index is 245. The van der Waals surface area contributed by atoms with Crippen molar-refractivity contribution in [3.63, 3.8) is 0 Å². The number of carbonyl (C=O) groups is 1. The number of aliphatic hydroxyl groups excluding tert-OH is 1. The number of hydrogen-bond acceptors (Lipinski definition) is 2. The number of carbonyl (C=O) groups excluding carboxylic acids is 1. The fraction of sp³-hybridized carbons (Fsp3) is 0.929. The quantitative estimate of drug-likeness (QED) is 0.795. The molecule has 0 heterocycles. The van der Waals surface area contributed by atoms with E-state index in [0.717, 1.165) is 38.5 Å². The Morgan fingerprint density at radius 3 is 2.53 bits per heavy atom. The monoisotopic (exact) mass is 241 g/mol. The summed E-state index contributed by atoms with van der Waals surface area (Å²) in [5, 5.41) is 12.7. The van der Waals surface area contributed by atoms with Crippen molar-refractivity contribution in [1.82, 2.24) is 5.32 Å². The Hall–Kier alpha value is -0.570. The minimum Gasteiger partial charge on any atom is -0.391 e. The second kappa shape index (κ2) is 6.39. The van der Waals surface area contributed by atoms with Gasteiger partial charge in [0.05, 0.1) is 12.1 Å². The van der Waals surface area contributed by atoms with Gasteiger partial charge in [0, 0.05) is 6.42 Å². The number of nitrogens with one attached hydrogen (secondary N) is 1. The lowest BCUT2D eigenvalue weighted by atomic mass is 9.89. The van der Waals surface area contributed by atoms with E-state index in [9.17, 15) is 9.90 Å². The van der Waals surface area contributed by atoms with Crippen LogP contribution in [0.1, 0.15) is 65.7 Å². The van der Waals surface area contributed by atoms with Gasteiger partial charge >= 0.3 is 0 Å². The van der Waals surface area contributed by atoms with E-state index >= 15 is 0 Å². The predicted octanol–water partition coefficient (Wildman–Crippen LogP) is 2.62. The first kappa shape index (κ1) is 14.5. The van der Waals surface area contributed by atoms with Crippen LogP contribution in [0.2, 0.25) is 0 Å². The molecule has 1 amide bonds. The predicted molar refractivity (Wildman–Crippen MR) is 69.7 cm³/mol. The maximum absolute atomic E-state index is 11.7. The molecule has 0 radical (unpaired) electrons. The normalized spacial score (nSPS) is 25.6. The Kier molecular flexibility index (Phi) is 5.44. The summed E-state index contributed by atoms with van der Waals surface area (Å²) in [6.07, 6.45) is 6.18. The molecule has 0 aromatic rings. The van der Waals surface area contributed by atoms with E-state index in [1.165, 1.54) is 0 Å². The zero-order valence-electron chi connectivity index (χ0n) is 11.5. The molecule has 0 aromatic heterocycles. The first-order valence-corrected chi connectivity index (χ1v) is 6.86. The molecule has 2 N–H and O–H groups in total. The number of rotatable bonds is 4. The molecule has 0 spiro atoms. The molecule has 3 nitrogen and oxygen atoms in total. The minimum absolute atomic E-state index is 0.00844. The Balaban J connectivity index is 2.20. The van der Waals surface area contributed by atoms with Gasteiger partial charge in [0.15, 0.2) is 0 Å². The van der Waals surface area contributed by atoms with E-state index in [-0.39, 0.29) is 18.1 Å². The van der Waals surface area contributed by atoms with Crippen LogP contribution < -0.4 is 5.32 Å². The van der Waals surface area contributed by atoms with Crippen molar-refractivity contribution in [3.8, 4) is 0 Å². The summed E-state index contributed by atoms with van der Waals surface area (Å²) in [6.45, 7) is 6.57. The number of aliphatic hydroxyl groups is 1. The van der Waals surface area contributed by atoms with Gasteiger partial charge in [-0.25, -0.2) is 0 Å². The zero-order valence-corrected chi connectivity index (χ0v) is 11.5. The molecule has 0 aliphatic heterocycles. The molecule has 1 aliphatic carbocycles. The third kappa shape index (κ3) is 6.06. The highest BCUT2D eigenvalue weighted by molar-refractivity contribution is 5.76. The highest BCUT2D eigenvalue weighted by Crippen LogP contribution is 2.22. The fourth-order valence-electron chi connectivity index (χ4n) is 2.34. The van der Waals surface area contributed by atoms with Gasteiger partial charge in [-0.05, 0) is 31.1 Å². The molecule has 1 aliphatic rings. The average molecular weight is 241 g/mol. The summed E-state index contributed by atoms with van der Waals surface area (Å²) in [5.74, 6) is 0.0974. The maximum atomic E-state index is 11.7. The summed E-state index contributed by atoms with van der Waals surface area (Å²) in [7, 11) is 0. The molecule has 100 valence electrons. The van der Waals surface area contributed by atoms with E-state index in [1.807, 2.05) is 0 Å². The standard InChI is InChI=1S/C14H27NO2/c1-14(2,3)10-6-9-13(17)15-11-7-4-5-8-12(11)16/h11-12,16H,4-10H2,1-3H3,(H,15,17). The fourth-order valence-corrected chi connectivity index (χ4v) is 2.34. The van der Waals surface area contributed by atoms with Crippen molar-refractivity contribution in [2.45, 2.75) is 77.9 Å². The molecule has 1 fully saturated rings. The smallest absolute Gasteiger partial charge is 0.220 e. The van der Waals surface area contributed by atoms with Gasteiger partial charge in [-0.2, -0.15) is 0 Å². The molecular weight excluding hydrogens is 214 g/mol.